The lowest BCUT2D eigenvalue weighted by molar-refractivity contribution is 0.622. The van der Waals surface area contributed by atoms with Crippen LogP contribution < -0.4 is 5.32 Å². The van der Waals surface area contributed by atoms with Crippen molar-refractivity contribution in [1.29, 1.82) is 5.26 Å². The molecule has 0 saturated carbocycles. The number of aromatic nitrogens is 3. The summed E-state index contributed by atoms with van der Waals surface area (Å²) >= 11 is 0. The molecular weight excluding hydrogens is 214 g/mol. The van der Waals surface area contributed by atoms with Crippen LogP contribution in [0.4, 0.5) is 5.69 Å². The highest BCUT2D eigenvalue weighted by Crippen LogP contribution is 2.14. The maximum atomic E-state index is 8.95. The lowest BCUT2D eigenvalue weighted by Crippen LogP contribution is -2.09. The molecule has 0 radical (unpaired) electrons. The van der Waals surface area contributed by atoms with E-state index in [9.17, 15) is 0 Å². The summed E-state index contributed by atoms with van der Waals surface area (Å²) in [6, 6.07) is 9.56. The first-order valence-corrected chi connectivity index (χ1v) is 5.45. The van der Waals surface area contributed by atoms with Crippen LogP contribution >= 0.6 is 0 Å². The topological polar surface area (TPSA) is 66.5 Å². The summed E-state index contributed by atoms with van der Waals surface area (Å²) in [4.78, 5) is 4.16. The number of anilines is 1. The summed E-state index contributed by atoms with van der Waals surface area (Å²) in [6.45, 7) is 3.37. The van der Waals surface area contributed by atoms with Gasteiger partial charge in [0.2, 0.25) is 0 Å². The van der Waals surface area contributed by atoms with E-state index in [0.29, 0.717) is 12.1 Å². The summed E-state index contributed by atoms with van der Waals surface area (Å²) < 4.78 is 1.82. The summed E-state index contributed by atoms with van der Waals surface area (Å²) in [5.41, 5.74) is 1.45. The van der Waals surface area contributed by atoms with Gasteiger partial charge in [-0.3, -0.25) is 0 Å². The molecule has 2 aromatic rings. The molecule has 0 bridgehead atoms. The third-order valence-corrected chi connectivity index (χ3v) is 2.48. The maximum absolute atomic E-state index is 8.95. The van der Waals surface area contributed by atoms with E-state index in [4.69, 9.17) is 5.26 Å². The standard InChI is InChI=1S/C12H13N5/c1-2-17-12(15-9-16-17)8-14-11-6-4-3-5-10(11)7-13/h3-6,9,14H,2,8H2,1H3. The first kappa shape index (κ1) is 11.1. The summed E-state index contributed by atoms with van der Waals surface area (Å²) in [5.74, 6) is 0.861. The molecule has 0 saturated heterocycles. The van der Waals surface area contributed by atoms with Gasteiger partial charge < -0.3 is 5.32 Å². The Balaban J connectivity index is 2.10. The fraction of sp³-hybridized carbons (Fsp3) is 0.250. The molecule has 2 rings (SSSR count). The molecule has 0 spiro atoms. The highest BCUT2D eigenvalue weighted by molar-refractivity contribution is 5.56. The lowest BCUT2D eigenvalue weighted by atomic mass is 10.2. The van der Waals surface area contributed by atoms with Crippen LogP contribution in [0.15, 0.2) is 30.6 Å². The average molecular weight is 227 g/mol. The second-order valence-electron chi connectivity index (χ2n) is 3.50. The molecule has 86 valence electrons. The Morgan fingerprint density at radius 1 is 1.41 bits per heavy atom. The fourth-order valence-corrected chi connectivity index (χ4v) is 1.60. The SMILES string of the molecule is CCn1ncnc1CNc1ccccc1C#N. The van der Waals surface area contributed by atoms with Gasteiger partial charge in [0.1, 0.15) is 18.2 Å². The van der Waals surface area contributed by atoms with Crippen molar-refractivity contribution >= 4 is 5.69 Å². The van der Waals surface area contributed by atoms with Crippen LogP contribution in [0.25, 0.3) is 0 Å². The van der Waals surface area contributed by atoms with Crippen molar-refractivity contribution in [1.82, 2.24) is 14.8 Å². The molecule has 5 nitrogen and oxygen atoms in total. The predicted molar refractivity (Wildman–Crippen MR) is 64.2 cm³/mol. The van der Waals surface area contributed by atoms with E-state index < -0.39 is 0 Å². The minimum atomic E-state index is 0.562. The van der Waals surface area contributed by atoms with Crippen molar-refractivity contribution in [3.05, 3.63) is 42.0 Å². The van der Waals surface area contributed by atoms with Crippen molar-refractivity contribution in [3.8, 4) is 6.07 Å². The van der Waals surface area contributed by atoms with E-state index in [1.807, 2.05) is 29.8 Å². The molecule has 1 N–H and O–H groups in total. The number of nitrogens with zero attached hydrogens (tertiary/aromatic N) is 4. The summed E-state index contributed by atoms with van der Waals surface area (Å²) in [7, 11) is 0. The van der Waals surface area contributed by atoms with Gasteiger partial charge in [-0.05, 0) is 19.1 Å². The third-order valence-electron chi connectivity index (χ3n) is 2.48. The van der Waals surface area contributed by atoms with Gasteiger partial charge >= 0.3 is 0 Å². The van der Waals surface area contributed by atoms with Crippen LogP contribution in [0.5, 0.6) is 0 Å². The van der Waals surface area contributed by atoms with Crippen LogP contribution in [-0.4, -0.2) is 14.8 Å². The van der Waals surface area contributed by atoms with E-state index in [1.54, 1.807) is 6.07 Å². The smallest absolute Gasteiger partial charge is 0.146 e. The van der Waals surface area contributed by atoms with E-state index in [1.165, 1.54) is 6.33 Å². The highest BCUT2D eigenvalue weighted by Gasteiger charge is 2.04. The molecule has 0 aliphatic rings. The van der Waals surface area contributed by atoms with E-state index in [-0.39, 0.29) is 0 Å². The molecule has 0 aliphatic heterocycles. The van der Waals surface area contributed by atoms with Gasteiger partial charge in [-0.15, -0.1) is 0 Å². The minimum absolute atomic E-state index is 0.562. The van der Waals surface area contributed by atoms with Crippen molar-refractivity contribution in [2.24, 2.45) is 0 Å². The molecule has 1 aromatic heterocycles. The van der Waals surface area contributed by atoms with Gasteiger partial charge in [0.25, 0.3) is 0 Å². The zero-order valence-electron chi connectivity index (χ0n) is 9.59. The molecule has 0 unspecified atom stereocenters. The number of nitriles is 1. The lowest BCUT2D eigenvalue weighted by Gasteiger charge is -2.07. The molecule has 0 amide bonds. The Bertz CT molecular complexity index is 538. The number of para-hydroxylation sites is 1. The Kier molecular flexibility index (Phi) is 3.36. The van der Waals surface area contributed by atoms with Crippen LogP contribution in [0, 0.1) is 11.3 Å². The van der Waals surface area contributed by atoms with Crippen LogP contribution in [0.1, 0.15) is 18.3 Å². The molecular formula is C12H13N5. The Labute approximate surface area is 99.7 Å². The fourth-order valence-electron chi connectivity index (χ4n) is 1.60. The first-order chi connectivity index (χ1) is 8.35. The first-order valence-electron chi connectivity index (χ1n) is 5.45. The number of aryl methyl sites for hydroxylation is 1. The monoisotopic (exact) mass is 227 g/mol. The van der Waals surface area contributed by atoms with Crippen LogP contribution in [0.2, 0.25) is 0 Å². The van der Waals surface area contributed by atoms with Crippen molar-refractivity contribution in [2.45, 2.75) is 20.0 Å². The number of hydrogen-bond donors (Lipinski definition) is 1. The summed E-state index contributed by atoms with van der Waals surface area (Å²) in [6.07, 6.45) is 1.54. The maximum Gasteiger partial charge on any atom is 0.146 e. The average Bonchev–Trinajstić information content (AvgIpc) is 2.84. The van der Waals surface area contributed by atoms with Gasteiger partial charge in [-0.1, -0.05) is 12.1 Å². The van der Waals surface area contributed by atoms with Crippen molar-refractivity contribution in [3.63, 3.8) is 0 Å². The van der Waals surface area contributed by atoms with E-state index in [0.717, 1.165) is 18.1 Å². The molecule has 0 atom stereocenters. The Morgan fingerprint density at radius 3 is 3.00 bits per heavy atom. The third kappa shape index (κ3) is 2.42. The summed E-state index contributed by atoms with van der Waals surface area (Å²) in [5, 5.41) is 16.2. The van der Waals surface area contributed by atoms with E-state index in [2.05, 4.69) is 21.5 Å². The van der Waals surface area contributed by atoms with Gasteiger partial charge in [0.15, 0.2) is 0 Å². The van der Waals surface area contributed by atoms with Gasteiger partial charge in [-0.25, -0.2) is 9.67 Å². The molecule has 1 aromatic carbocycles. The van der Waals surface area contributed by atoms with Gasteiger partial charge in [0, 0.05) is 6.54 Å². The van der Waals surface area contributed by atoms with Crippen molar-refractivity contribution < 1.29 is 0 Å². The quantitative estimate of drug-likeness (QED) is 0.864. The number of benzene rings is 1. The normalized spacial score (nSPS) is 9.88. The van der Waals surface area contributed by atoms with Crippen molar-refractivity contribution in [2.75, 3.05) is 5.32 Å². The zero-order valence-corrected chi connectivity index (χ0v) is 9.59. The number of hydrogen-bond acceptors (Lipinski definition) is 4. The van der Waals surface area contributed by atoms with Crippen LogP contribution in [-0.2, 0) is 13.1 Å². The molecule has 1 heterocycles. The zero-order chi connectivity index (χ0) is 12.1. The second-order valence-corrected chi connectivity index (χ2v) is 3.50. The number of rotatable bonds is 4. The van der Waals surface area contributed by atoms with E-state index >= 15 is 0 Å². The van der Waals surface area contributed by atoms with Gasteiger partial charge in [-0.2, -0.15) is 10.4 Å². The molecule has 17 heavy (non-hydrogen) atoms. The predicted octanol–water partition coefficient (Wildman–Crippen LogP) is 1.78. The Morgan fingerprint density at radius 2 is 2.24 bits per heavy atom. The molecule has 5 heteroatoms. The number of nitrogens with one attached hydrogen (secondary N) is 1. The Hall–Kier alpha value is -2.35. The molecule has 0 aliphatic carbocycles. The van der Waals surface area contributed by atoms with Crippen LogP contribution in [0.3, 0.4) is 0 Å². The molecule has 0 fully saturated rings. The minimum Gasteiger partial charge on any atom is -0.377 e. The second kappa shape index (κ2) is 5.12. The van der Waals surface area contributed by atoms with Gasteiger partial charge in [0.05, 0.1) is 17.8 Å². The largest absolute Gasteiger partial charge is 0.377 e. The highest BCUT2D eigenvalue weighted by atomic mass is 15.3.